The van der Waals surface area contributed by atoms with Crippen LogP contribution in [0.5, 0.6) is 0 Å². The van der Waals surface area contributed by atoms with Crippen LogP contribution in [0.1, 0.15) is 12.7 Å². The smallest absolute Gasteiger partial charge is 0.237 e. The molecule has 0 saturated carbocycles. The summed E-state index contributed by atoms with van der Waals surface area (Å²) in [5.41, 5.74) is 6.24. The van der Waals surface area contributed by atoms with Crippen LogP contribution in [0.2, 0.25) is 0 Å². The maximum atomic E-state index is 13.0. The zero-order valence-corrected chi connectivity index (χ0v) is 12.7. The van der Waals surface area contributed by atoms with Crippen molar-refractivity contribution in [2.75, 3.05) is 11.1 Å². The summed E-state index contributed by atoms with van der Waals surface area (Å²) in [6.45, 7) is 3.59. The summed E-state index contributed by atoms with van der Waals surface area (Å²) >= 11 is 1.29. The zero-order valence-electron chi connectivity index (χ0n) is 11.9. The number of carbonyl (C=O) groups excluding carboxylic acids is 1. The van der Waals surface area contributed by atoms with Crippen LogP contribution in [0.4, 0.5) is 15.8 Å². The molecule has 0 aliphatic heterocycles. The van der Waals surface area contributed by atoms with Gasteiger partial charge in [0.2, 0.25) is 5.91 Å². The molecule has 0 fully saturated rings. The molecule has 0 bridgehead atoms. The molecule has 112 valence electrons. The second-order valence-corrected chi connectivity index (χ2v) is 5.88. The number of nitrogens with two attached hydrogens (primary N) is 1. The first-order valence-electron chi connectivity index (χ1n) is 6.27. The molecule has 0 spiro atoms. The summed E-state index contributed by atoms with van der Waals surface area (Å²) < 4.78 is 14.8. The summed E-state index contributed by atoms with van der Waals surface area (Å²) in [6, 6.07) is 3.85. The van der Waals surface area contributed by atoms with E-state index in [2.05, 4.69) is 15.5 Å². The number of hydrogen-bond acceptors (Lipinski definition) is 5. The average Bonchev–Trinajstić information content (AvgIpc) is 2.73. The maximum Gasteiger partial charge on any atom is 0.237 e. The van der Waals surface area contributed by atoms with Crippen LogP contribution in [0.15, 0.2) is 23.4 Å². The highest BCUT2D eigenvalue weighted by molar-refractivity contribution is 8.00. The van der Waals surface area contributed by atoms with Gasteiger partial charge in [0.15, 0.2) is 5.16 Å². The van der Waals surface area contributed by atoms with Gasteiger partial charge in [0.1, 0.15) is 11.6 Å². The number of rotatable bonds is 4. The third-order valence-electron chi connectivity index (χ3n) is 2.98. The predicted molar refractivity (Wildman–Crippen MR) is 80.5 cm³/mol. The Labute approximate surface area is 125 Å². The van der Waals surface area contributed by atoms with Gasteiger partial charge < -0.3 is 15.6 Å². The van der Waals surface area contributed by atoms with Crippen molar-refractivity contribution < 1.29 is 9.18 Å². The topological polar surface area (TPSA) is 85.8 Å². The number of anilines is 2. The Morgan fingerprint density at radius 2 is 2.19 bits per heavy atom. The van der Waals surface area contributed by atoms with Crippen LogP contribution in [-0.2, 0) is 11.8 Å². The van der Waals surface area contributed by atoms with E-state index < -0.39 is 11.1 Å². The van der Waals surface area contributed by atoms with Crippen LogP contribution in [0.3, 0.4) is 0 Å². The van der Waals surface area contributed by atoms with Gasteiger partial charge in [-0.1, -0.05) is 11.8 Å². The lowest BCUT2D eigenvalue weighted by atomic mass is 10.2. The minimum Gasteiger partial charge on any atom is -0.397 e. The highest BCUT2D eigenvalue weighted by Crippen LogP contribution is 2.24. The molecule has 0 aliphatic carbocycles. The van der Waals surface area contributed by atoms with Crippen molar-refractivity contribution in [3.05, 3.63) is 29.8 Å². The van der Waals surface area contributed by atoms with Crippen LogP contribution < -0.4 is 11.1 Å². The number of halogens is 1. The fourth-order valence-corrected chi connectivity index (χ4v) is 2.44. The van der Waals surface area contributed by atoms with Crippen LogP contribution in [0, 0.1) is 12.7 Å². The number of nitrogens with one attached hydrogen (secondary N) is 1. The fourth-order valence-electron chi connectivity index (χ4n) is 1.58. The van der Waals surface area contributed by atoms with E-state index in [-0.39, 0.29) is 11.6 Å². The van der Waals surface area contributed by atoms with E-state index in [0.29, 0.717) is 10.8 Å². The van der Waals surface area contributed by atoms with Crippen LogP contribution in [-0.4, -0.2) is 25.9 Å². The molecule has 0 saturated heterocycles. The number of thioether (sulfide) groups is 1. The molecule has 0 aliphatic rings. The maximum absolute atomic E-state index is 13.0. The van der Waals surface area contributed by atoms with E-state index in [4.69, 9.17) is 5.73 Å². The summed E-state index contributed by atoms with van der Waals surface area (Å²) in [7, 11) is 1.83. The Morgan fingerprint density at radius 3 is 2.76 bits per heavy atom. The first-order valence-corrected chi connectivity index (χ1v) is 7.15. The zero-order chi connectivity index (χ0) is 15.6. The summed E-state index contributed by atoms with van der Waals surface area (Å²) in [5.74, 6) is 0.0920. The number of carbonyl (C=O) groups is 1. The van der Waals surface area contributed by atoms with Crippen molar-refractivity contribution >= 4 is 29.0 Å². The minimum absolute atomic E-state index is 0.190. The van der Waals surface area contributed by atoms with Gasteiger partial charge in [0.25, 0.3) is 0 Å². The lowest BCUT2D eigenvalue weighted by Gasteiger charge is -2.13. The second-order valence-electron chi connectivity index (χ2n) is 4.57. The van der Waals surface area contributed by atoms with Gasteiger partial charge >= 0.3 is 0 Å². The van der Waals surface area contributed by atoms with E-state index in [0.717, 1.165) is 5.82 Å². The summed E-state index contributed by atoms with van der Waals surface area (Å²) in [4.78, 5) is 12.1. The Hall–Kier alpha value is -2.09. The lowest BCUT2D eigenvalue weighted by molar-refractivity contribution is -0.115. The van der Waals surface area contributed by atoms with Gasteiger partial charge in [-0.05, 0) is 32.0 Å². The minimum atomic E-state index is -0.442. The van der Waals surface area contributed by atoms with Gasteiger partial charge in [0.05, 0.1) is 16.6 Å². The molecule has 6 nitrogen and oxygen atoms in total. The van der Waals surface area contributed by atoms with Gasteiger partial charge in [-0.3, -0.25) is 4.79 Å². The number of aromatic nitrogens is 3. The van der Waals surface area contributed by atoms with Gasteiger partial charge in [-0.15, -0.1) is 10.2 Å². The monoisotopic (exact) mass is 309 g/mol. The first kappa shape index (κ1) is 15.3. The molecule has 2 rings (SSSR count). The standard InChI is InChI=1S/C13H16FN5OS/c1-7(21-13-18-17-8(2)19(13)3)12(20)16-11-5-4-9(14)6-10(11)15/h4-7H,15H2,1-3H3,(H,16,20). The molecule has 1 atom stereocenters. The molecular weight excluding hydrogens is 293 g/mol. The Morgan fingerprint density at radius 1 is 1.48 bits per heavy atom. The Bertz CT molecular complexity index is 673. The largest absolute Gasteiger partial charge is 0.397 e. The van der Waals surface area contributed by atoms with E-state index in [9.17, 15) is 9.18 Å². The molecule has 1 aromatic heterocycles. The highest BCUT2D eigenvalue weighted by Gasteiger charge is 2.18. The normalized spacial score (nSPS) is 12.2. The van der Waals surface area contributed by atoms with Crippen molar-refractivity contribution in [3.63, 3.8) is 0 Å². The van der Waals surface area contributed by atoms with Crippen molar-refractivity contribution in [1.29, 1.82) is 0 Å². The van der Waals surface area contributed by atoms with Crippen molar-refractivity contribution in [2.24, 2.45) is 7.05 Å². The van der Waals surface area contributed by atoms with Crippen molar-refractivity contribution in [1.82, 2.24) is 14.8 Å². The molecule has 3 N–H and O–H groups in total. The molecule has 1 amide bonds. The molecule has 21 heavy (non-hydrogen) atoms. The predicted octanol–water partition coefficient (Wildman–Crippen LogP) is 1.96. The molecule has 1 aromatic carbocycles. The number of amides is 1. The third-order valence-corrected chi connectivity index (χ3v) is 4.11. The van der Waals surface area contributed by atoms with E-state index in [1.165, 1.54) is 30.0 Å². The number of nitrogens with zero attached hydrogens (tertiary/aromatic N) is 3. The van der Waals surface area contributed by atoms with E-state index >= 15 is 0 Å². The third kappa shape index (κ3) is 3.52. The Balaban J connectivity index is 2.04. The van der Waals surface area contributed by atoms with Gasteiger partial charge in [-0.25, -0.2) is 4.39 Å². The molecule has 2 aromatic rings. The second kappa shape index (κ2) is 6.13. The molecule has 0 radical (unpaired) electrons. The van der Waals surface area contributed by atoms with Gasteiger partial charge in [-0.2, -0.15) is 0 Å². The lowest BCUT2D eigenvalue weighted by Crippen LogP contribution is -2.23. The fraction of sp³-hybridized carbons (Fsp3) is 0.308. The molecular formula is C13H16FN5OS. The number of benzene rings is 1. The summed E-state index contributed by atoms with van der Waals surface area (Å²) in [5, 5.41) is 10.9. The molecule has 1 unspecified atom stereocenters. The highest BCUT2D eigenvalue weighted by atomic mass is 32.2. The van der Waals surface area contributed by atoms with E-state index in [1.807, 2.05) is 14.0 Å². The van der Waals surface area contributed by atoms with Gasteiger partial charge in [0, 0.05) is 7.05 Å². The van der Waals surface area contributed by atoms with E-state index in [1.54, 1.807) is 11.5 Å². The first-order chi connectivity index (χ1) is 9.88. The molecule has 8 heteroatoms. The number of nitrogen functional groups attached to an aromatic ring is 1. The van der Waals surface area contributed by atoms with Crippen molar-refractivity contribution in [3.8, 4) is 0 Å². The van der Waals surface area contributed by atoms with Crippen LogP contribution >= 0.6 is 11.8 Å². The van der Waals surface area contributed by atoms with Crippen molar-refractivity contribution in [2.45, 2.75) is 24.3 Å². The number of hydrogen-bond donors (Lipinski definition) is 2. The summed E-state index contributed by atoms with van der Waals surface area (Å²) in [6.07, 6.45) is 0. The number of aryl methyl sites for hydroxylation is 1. The average molecular weight is 309 g/mol. The molecule has 1 heterocycles. The quantitative estimate of drug-likeness (QED) is 0.666. The Kier molecular flexibility index (Phi) is 4.46. The SMILES string of the molecule is Cc1nnc(SC(C)C(=O)Nc2ccc(F)cc2N)n1C. The van der Waals surface area contributed by atoms with Crippen LogP contribution in [0.25, 0.3) is 0 Å².